The van der Waals surface area contributed by atoms with Gasteiger partial charge in [-0.15, -0.1) is 0 Å². The quantitative estimate of drug-likeness (QED) is 0.912. The molecular formula is C19H22N2O2. The van der Waals surface area contributed by atoms with Crippen LogP contribution in [0.15, 0.2) is 42.5 Å². The van der Waals surface area contributed by atoms with Crippen LogP contribution in [0, 0.1) is 6.92 Å². The summed E-state index contributed by atoms with van der Waals surface area (Å²) in [6.07, 6.45) is 0.321. The first kappa shape index (κ1) is 15.6. The highest BCUT2D eigenvalue weighted by molar-refractivity contribution is 5.80. The number of methoxy groups -OCH3 is 1. The number of ether oxygens (including phenoxy) is 1. The highest BCUT2D eigenvalue weighted by atomic mass is 16.5. The molecular weight excluding hydrogens is 288 g/mol. The summed E-state index contributed by atoms with van der Waals surface area (Å²) in [6.45, 7) is 3.73. The van der Waals surface area contributed by atoms with Crippen LogP contribution in [-0.4, -0.2) is 19.6 Å². The predicted octanol–water partition coefficient (Wildman–Crippen LogP) is 2.51. The van der Waals surface area contributed by atoms with Crippen molar-refractivity contribution in [1.29, 1.82) is 0 Å². The minimum atomic E-state index is 0.00987. The SMILES string of the molecule is COc1ccccc1CC(=O)NC1CNCc2c(C)cccc21. The Morgan fingerprint density at radius 1 is 1.26 bits per heavy atom. The van der Waals surface area contributed by atoms with Crippen molar-refractivity contribution in [3.8, 4) is 5.75 Å². The molecule has 0 saturated heterocycles. The van der Waals surface area contributed by atoms with E-state index in [0.717, 1.165) is 24.4 Å². The second kappa shape index (κ2) is 6.84. The number of rotatable bonds is 4. The van der Waals surface area contributed by atoms with Crippen molar-refractivity contribution >= 4 is 5.91 Å². The van der Waals surface area contributed by atoms with E-state index in [0.29, 0.717) is 6.42 Å². The Morgan fingerprint density at radius 2 is 2.09 bits per heavy atom. The summed E-state index contributed by atoms with van der Waals surface area (Å²) in [4.78, 5) is 12.4. The van der Waals surface area contributed by atoms with Gasteiger partial charge in [0.25, 0.3) is 0 Å². The molecule has 0 bridgehead atoms. The van der Waals surface area contributed by atoms with Crippen molar-refractivity contribution < 1.29 is 9.53 Å². The maximum atomic E-state index is 12.4. The molecule has 4 nitrogen and oxygen atoms in total. The molecule has 1 unspecified atom stereocenters. The summed E-state index contributed by atoms with van der Waals surface area (Å²) in [6, 6.07) is 13.9. The van der Waals surface area contributed by atoms with Crippen LogP contribution in [0.2, 0.25) is 0 Å². The Kier molecular flexibility index (Phi) is 4.63. The van der Waals surface area contributed by atoms with Crippen LogP contribution in [0.3, 0.4) is 0 Å². The minimum Gasteiger partial charge on any atom is -0.496 e. The highest BCUT2D eigenvalue weighted by Gasteiger charge is 2.22. The monoisotopic (exact) mass is 310 g/mol. The van der Waals surface area contributed by atoms with Crippen molar-refractivity contribution in [3.63, 3.8) is 0 Å². The summed E-state index contributed by atoms with van der Waals surface area (Å²) in [7, 11) is 1.63. The standard InChI is InChI=1S/C19H22N2O2/c1-13-6-5-8-15-16(13)11-20-12-17(15)21-19(22)10-14-7-3-4-9-18(14)23-2/h3-9,17,20H,10-12H2,1-2H3,(H,21,22). The molecule has 1 heterocycles. The molecule has 1 amide bonds. The second-order valence-electron chi connectivity index (χ2n) is 5.88. The minimum absolute atomic E-state index is 0.00987. The lowest BCUT2D eigenvalue weighted by molar-refractivity contribution is -0.121. The van der Waals surface area contributed by atoms with Crippen LogP contribution in [0.5, 0.6) is 5.75 Å². The molecule has 0 radical (unpaired) electrons. The van der Waals surface area contributed by atoms with Gasteiger partial charge in [-0.3, -0.25) is 4.79 Å². The molecule has 0 aliphatic carbocycles. The molecule has 120 valence electrons. The molecule has 2 aromatic rings. The molecule has 1 aliphatic rings. The third kappa shape index (κ3) is 3.37. The second-order valence-corrected chi connectivity index (χ2v) is 5.88. The van der Waals surface area contributed by atoms with E-state index in [1.54, 1.807) is 7.11 Å². The van der Waals surface area contributed by atoms with Gasteiger partial charge in [0.1, 0.15) is 5.75 Å². The molecule has 2 aromatic carbocycles. The van der Waals surface area contributed by atoms with E-state index in [9.17, 15) is 4.79 Å². The van der Waals surface area contributed by atoms with Crippen molar-refractivity contribution in [2.45, 2.75) is 25.9 Å². The normalized spacial score (nSPS) is 16.5. The molecule has 0 saturated carbocycles. The van der Waals surface area contributed by atoms with Crippen LogP contribution in [0.25, 0.3) is 0 Å². The van der Waals surface area contributed by atoms with E-state index in [-0.39, 0.29) is 11.9 Å². The van der Waals surface area contributed by atoms with E-state index in [1.165, 1.54) is 16.7 Å². The van der Waals surface area contributed by atoms with E-state index in [2.05, 4.69) is 35.8 Å². The lowest BCUT2D eigenvalue weighted by Gasteiger charge is -2.28. The number of amides is 1. The smallest absolute Gasteiger partial charge is 0.225 e. The van der Waals surface area contributed by atoms with E-state index >= 15 is 0 Å². The van der Waals surface area contributed by atoms with Gasteiger partial charge in [0.15, 0.2) is 0 Å². The largest absolute Gasteiger partial charge is 0.496 e. The van der Waals surface area contributed by atoms with E-state index in [4.69, 9.17) is 4.74 Å². The average Bonchev–Trinajstić information content (AvgIpc) is 2.56. The number of para-hydroxylation sites is 1. The number of carbonyl (C=O) groups excluding carboxylic acids is 1. The summed E-state index contributed by atoms with van der Waals surface area (Å²) in [5, 5.41) is 6.53. The lowest BCUT2D eigenvalue weighted by atomic mass is 9.93. The van der Waals surface area contributed by atoms with Gasteiger partial charge in [0.05, 0.1) is 19.6 Å². The summed E-state index contributed by atoms with van der Waals surface area (Å²) in [5.41, 5.74) is 4.68. The number of carbonyl (C=O) groups is 1. The molecule has 4 heteroatoms. The third-order valence-electron chi connectivity index (χ3n) is 4.35. The van der Waals surface area contributed by atoms with Crippen LogP contribution in [0.4, 0.5) is 0 Å². The molecule has 0 aromatic heterocycles. The van der Waals surface area contributed by atoms with Gasteiger partial charge < -0.3 is 15.4 Å². The topological polar surface area (TPSA) is 50.4 Å². The van der Waals surface area contributed by atoms with Crippen molar-refractivity contribution in [2.24, 2.45) is 0 Å². The summed E-state index contributed by atoms with van der Waals surface area (Å²) >= 11 is 0. The Labute approximate surface area is 136 Å². The molecule has 0 fully saturated rings. The fourth-order valence-electron chi connectivity index (χ4n) is 3.14. The fourth-order valence-corrected chi connectivity index (χ4v) is 3.14. The van der Waals surface area contributed by atoms with Gasteiger partial charge in [-0.05, 0) is 29.7 Å². The number of aryl methyl sites for hydroxylation is 1. The third-order valence-corrected chi connectivity index (χ3v) is 4.35. The van der Waals surface area contributed by atoms with Crippen molar-refractivity contribution in [2.75, 3.05) is 13.7 Å². The molecule has 0 spiro atoms. The van der Waals surface area contributed by atoms with Crippen LogP contribution < -0.4 is 15.4 Å². The van der Waals surface area contributed by atoms with Gasteiger partial charge in [-0.1, -0.05) is 36.4 Å². The molecule has 1 atom stereocenters. The summed E-state index contributed by atoms with van der Waals surface area (Å²) < 4.78 is 5.32. The zero-order valence-electron chi connectivity index (χ0n) is 13.6. The number of hydrogen-bond acceptors (Lipinski definition) is 3. The lowest BCUT2D eigenvalue weighted by Crippen LogP contribution is -2.40. The number of nitrogens with one attached hydrogen (secondary N) is 2. The predicted molar refractivity (Wildman–Crippen MR) is 90.5 cm³/mol. The first-order valence-electron chi connectivity index (χ1n) is 7.89. The zero-order chi connectivity index (χ0) is 16.2. The maximum Gasteiger partial charge on any atom is 0.225 e. The van der Waals surface area contributed by atoms with Crippen LogP contribution >= 0.6 is 0 Å². The van der Waals surface area contributed by atoms with Crippen molar-refractivity contribution in [3.05, 3.63) is 64.7 Å². The van der Waals surface area contributed by atoms with E-state index in [1.807, 2.05) is 24.3 Å². The Hall–Kier alpha value is -2.33. The van der Waals surface area contributed by atoms with Crippen molar-refractivity contribution in [1.82, 2.24) is 10.6 Å². The van der Waals surface area contributed by atoms with Gasteiger partial charge in [-0.25, -0.2) is 0 Å². The first-order valence-corrected chi connectivity index (χ1v) is 7.89. The molecule has 23 heavy (non-hydrogen) atoms. The average molecular weight is 310 g/mol. The molecule has 1 aliphatic heterocycles. The zero-order valence-corrected chi connectivity index (χ0v) is 13.6. The van der Waals surface area contributed by atoms with Gasteiger partial charge in [0, 0.05) is 18.7 Å². The van der Waals surface area contributed by atoms with Crippen LogP contribution in [-0.2, 0) is 17.8 Å². The number of benzene rings is 2. The molecule has 2 N–H and O–H groups in total. The Bertz CT molecular complexity index is 712. The Balaban J connectivity index is 1.73. The van der Waals surface area contributed by atoms with E-state index < -0.39 is 0 Å². The highest BCUT2D eigenvalue weighted by Crippen LogP contribution is 2.25. The van der Waals surface area contributed by atoms with Gasteiger partial charge in [0.2, 0.25) is 5.91 Å². The first-order chi connectivity index (χ1) is 11.2. The van der Waals surface area contributed by atoms with Gasteiger partial charge in [-0.2, -0.15) is 0 Å². The summed E-state index contributed by atoms with van der Waals surface area (Å²) in [5.74, 6) is 0.760. The van der Waals surface area contributed by atoms with Crippen LogP contribution in [0.1, 0.15) is 28.3 Å². The fraction of sp³-hybridized carbons (Fsp3) is 0.316. The van der Waals surface area contributed by atoms with Gasteiger partial charge >= 0.3 is 0 Å². The molecule has 3 rings (SSSR count). The number of hydrogen-bond donors (Lipinski definition) is 2. The Morgan fingerprint density at radius 3 is 2.91 bits per heavy atom. The maximum absolute atomic E-state index is 12.4. The number of fused-ring (bicyclic) bond motifs is 1.